The van der Waals surface area contributed by atoms with Crippen LogP contribution in [0.2, 0.25) is 0 Å². The molecule has 3 saturated heterocycles. The van der Waals surface area contributed by atoms with E-state index in [0.717, 1.165) is 94.5 Å². The van der Waals surface area contributed by atoms with Gasteiger partial charge in [-0.3, -0.25) is 14.6 Å². The molecule has 1 aromatic heterocycles. The highest BCUT2D eigenvalue weighted by Gasteiger charge is 2.37. The fourth-order valence-corrected chi connectivity index (χ4v) is 7.15. The first-order chi connectivity index (χ1) is 24.4. The topological polar surface area (TPSA) is 127 Å². The Labute approximate surface area is 294 Å². The van der Waals surface area contributed by atoms with E-state index in [-0.39, 0.29) is 23.5 Å². The number of aliphatic hydroxyl groups excluding tert-OH is 1. The van der Waals surface area contributed by atoms with Gasteiger partial charge in [-0.15, -0.1) is 0 Å². The maximum Gasteiger partial charge on any atom is 0.414 e. The van der Waals surface area contributed by atoms with Gasteiger partial charge in [0.25, 0.3) is 0 Å². The first-order valence-electron chi connectivity index (χ1n) is 18.2. The number of hydrogen-bond donors (Lipinski definition) is 4. The molecule has 10 nitrogen and oxygen atoms in total. The van der Waals surface area contributed by atoms with Gasteiger partial charge in [0.1, 0.15) is 17.6 Å². The molecular weight excluding hydrogens is 632 g/mol. The van der Waals surface area contributed by atoms with E-state index in [9.17, 15) is 19.8 Å². The van der Waals surface area contributed by atoms with Gasteiger partial charge in [0.05, 0.1) is 30.5 Å². The number of aliphatic hydroxyl groups is 1. The second kappa shape index (κ2) is 17.5. The maximum absolute atomic E-state index is 13.6. The lowest BCUT2D eigenvalue weighted by Gasteiger charge is -2.44. The number of unbranched alkanes of at least 4 members (excludes halogenated alkanes) is 5. The van der Waals surface area contributed by atoms with Crippen molar-refractivity contribution in [1.82, 2.24) is 15.2 Å². The smallest absolute Gasteiger partial charge is 0.414 e. The van der Waals surface area contributed by atoms with Gasteiger partial charge in [-0.1, -0.05) is 68.1 Å². The summed E-state index contributed by atoms with van der Waals surface area (Å²) in [7, 11) is 0. The average Bonchev–Trinajstić information content (AvgIpc) is 3.14. The van der Waals surface area contributed by atoms with Gasteiger partial charge in [0.15, 0.2) is 0 Å². The van der Waals surface area contributed by atoms with Crippen LogP contribution in [-0.4, -0.2) is 71.6 Å². The summed E-state index contributed by atoms with van der Waals surface area (Å²) in [6, 6.07) is 24.0. The number of carbonyl (C=O) groups excluding carboxylic acids is 1. The fraction of sp³-hybridized carbons (Fsp3) is 0.450. The van der Waals surface area contributed by atoms with Crippen LogP contribution in [0.4, 0.5) is 10.5 Å². The predicted molar refractivity (Wildman–Crippen MR) is 196 cm³/mol. The number of aromatic nitrogens is 1. The van der Waals surface area contributed by atoms with Gasteiger partial charge < -0.3 is 30.0 Å². The van der Waals surface area contributed by atoms with E-state index in [1.165, 1.54) is 12.1 Å². The van der Waals surface area contributed by atoms with E-state index >= 15 is 0 Å². The van der Waals surface area contributed by atoms with Crippen molar-refractivity contribution in [2.24, 2.45) is 5.92 Å². The third kappa shape index (κ3) is 9.44. The number of phenols is 1. The maximum atomic E-state index is 13.6. The molecule has 0 saturated carbocycles. The van der Waals surface area contributed by atoms with Crippen molar-refractivity contribution in [3.8, 4) is 11.5 Å². The van der Waals surface area contributed by atoms with Crippen molar-refractivity contribution in [1.29, 1.82) is 0 Å². The molecule has 2 atom stereocenters. The van der Waals surface area contributed by atoms with Crippen molar-refractivity contribution >= 4 is 22.7 Å². The summed E-state index contributed by atoms with van der Waals surface area (Å²) in [6.07, 6.45) is 7.48. The molecule has 50 heavy (non-hydrogen) atoms. The summed E-state index contributed by atoms with van der Waals surface area (Å²) in [4.78, 5) is 32.0. The number of rotatable bonds is 17. The van der Waals surface area contributed by atoms with E-state index in [1.807, 2.05) is 54.6 Å². The van der Waals surface area contributed by atoms with Gasteiger partial charge in [0.2, 0.25) is 5.56 Å². The highest BCUT2D eigenvalue weighted by Crippen LogP contribution is 2.32. The largest absolute Gasteiger partial charge is 0.506 e. The number of ether oxygens (including phenoxy) is 2. The number of H-pyrrole nitrogens is 1. The first kappa shape index (κ1) is 35.4. The van der Waals surface area contributed by atoms with E-state index in [4.69, 9.17) is 9.47 Å². The second-order valence-electron chi connectivity index (χ2n) is 13.6. The molecule has 4 N–H and O–H groups in total. The molecule has 10 heteroatoms. The van der Waals surface area contributed by atoms with Crippen LogP contribution < -0.4 is 20.5 Å². The summed E-state index contributed by atoms with van der Waals surface area (Å²) < 4.78 is 12.3. The number of piperidine rings is 3. The Morgan fingerprint density at radius 2 is 1.72 bits per heavy atom. The molecule has 3 aliphatic rings. The molecule has 0 aliphatic carbocycles. The predicted octanol–water partition coefficient (Wildman–Crippen LogP) is 6.51. The first-order valence-corrected chi connectivity index (χ1v) is 18.2. The Kier molecular flexibility index (Phi) is 12.4. The standard InChI is InChI=1S/C40H50N4O6/c45-35-17-15-33(34-16-18-38(47)42-39(34)35)36(46)26-41-21-8-3-1-2-4-9-24-49-32-14-10-13-31(25-32)44(27-29-11-6-5-7-12-29)40(48)50-37-28-43-22-19-30(37)20-23-43/h5-7,10-18,25,30,36-37,41,45-46H,1-4,8-9,19-24,26-28H2,(H,42,47)/t36-,37-/m0/s1. The lowest BCUT2D eigenvalue weighted by Crippen LogP contribution is -2.53. The zero-order valence-corrected chi connectivity index (χ0v) is 28.8. The average molecular weight is 683 g/mol. The number of anilines is 1. The number of nitrogens with zero attached hydrogens (tertiary/aromatic N) is 2. The Bertz CT molecular complexity index is 1740. The number of benzene rings is 3. The molecular formula is C40H50N4O6. The second-order valence-corrected chi connectivity index (χ2v) is 13.6. The number of hydrogen-bond acceptors (Lipinski definition) is 8. The minimum absolute atomic E-state index is 0.0123. The van der Waals surface area contributed by atoms with Crippen LogP contribution in [0.5, 0.6) is 11.5 Å². The van der Waals surface area contributed by atoms with Crippen LogP contribution in [0.15, 0.2) is 83.7 Å². The van der Waals surface area contributed by atoms with E-state index in [2.05, 4.69) is 15.2 Å². The molecule has 266 valence electrons. The van der Waals surface area contributed by atoms with Crippen LogP contribution in [0.3, 0.4) is 0 Å². The zero-order valence-electron chi connectivity index (χ0n) is 28.8. The summed E-state index contributed by atoms with van der Waals surface area (Å²) in [5.74, 6) is 1.18. The lowest BCUT2D eigenvalue weighted by atomic mass is 9.86. The van der Waals surface area contributed by atoms with Crippen LogP contribution >= 0.6 is 0 Å². The van der Waals surface area contributed by atoms with Gasteiger partial charge >= 0.3 is 6.09 Å². The van der Waals surface area contributed by atoms with Crippen LogP contribution in [-0.2, 0) is 11.3 Å². The van der Waals surface area contributed by atoms with Gasteiger partial charge in [-0.2, -0.15) is 0 Å². The molecule has 1 amide bonds. The van der Waals surface area contributed by atoms with Crippen LogP contribution in [0, 0.1) is 5.92 Å². The van der Waals surface area contributed by atoms with Gasteiger partial charge in [-0.25, -0.2) is 4.79 Å². The molecule has 7 rings (SSSR count). The molecule has 4 heterocycles. The number of nitrogens with one attached hydrogen (secondary N) is 2. The number of amides is 1. The fourth-order valence-electron chi connectivity index (χ4n) is 7.15. The molecule has 2 bridgehead atoms. The molecule has 4 aromatic rings. The zero-order chi connectivity index (χ0) is 34.7. The Hall–Kier alpha value is -4.38. The third-order valence-electron chi connectivity index (χ3n) is 10.0. The van der Waals surface area contributed by atoms with Crippen LogP contribution in [0.1, 0.15) is 68.6 Å². The van der Waals surface area contributed by atoms with Gasteiger partial charge in [0, 0.05) is 30.6 Å². The summed E-state index contributed by atoms with van der Waals surface area (Å²) in [5.41, 5.74) is 2.53. The summed E-state index contributed by atoms with van der Waals surface area (Å²) >= 11 is 0. The molecule has 3 aromatic carbocycles. The minimum atomic E-state index is -0.750. The van der Waals surface area contributed by atoms with Crippen molar-refractivity contribution < 1.29 is 24.5 Å². The highest BCUT2D eigenvalue weighted by molar-refractivity contribution is 5.88. The lowest BCUT2D eigenvalue weighted by molar-refractivity contribution is -0.0311. The Morgan fingerprint density at radius 3 is 2.50 bits per heavy atom. The van der Waals surface area contributed by atoms with E-state index < -0.39 is 6.10 Å². The van der Waals surface area contributed by atoms with E-state index in [1.54, 1.807) is 17.0 Å². The van der Waals surface area contributed by atoms with E-state index in [0.29, 0.717) is 42.1 Å². The van der Waals surface area contributed by atoms with Crippen molar-refractivity contribution in [3.05, 3.63) is 100 Å². The number of phenolic OH excluding ortho intramolecular Hbond substituents is 1. The highest BCUT2D eigenvalue weighted by atomic mass is 16.6. The van der Waals surface area contributed by atoms with Crippen LogP contribution in [0.25, 0.3) is 10.9 Å². The number of aromatic hydroxyl groups is 1. The SMILES string of the molecule is O=C(O[C@H]1CN2CCC1CC2)N(Cc1ccccc1)c1cccc(OCCCCCCCCNC[C@H](O)c2ccc(O)c3[nH]c(=O)ccc23)c1. The quantitative estimate of drug-likeness (QED) is 0.0929. The van der Waals surface area contributed by atoms with Crippen molar-refractivity contribution in [2.45, 2.75) is 70.1 Å². The molecule has 0 spiro atoms. The molecule has 0 unspecified atom stereocenters. The number of aromatic amines is 1. The Balaban J connectivity index is 0.891. The summed E-state index contributed by atoms with van der Waals surface area (Å²) in [5, 5.41) is 24.8. The minimum Gasteiger partial charge on any atom is -0.506 e. The van der Waals surface area contributed by atoms with Gasteiger partial charge in [-0.05, 0) is 86.6 Å². The molecule has 3 aliphatic heterocycles. The molecule has 3 fully saturated rings. The van der Waals surface area contributed by atoms with Crippen molar-refractivity contribution in [3.63, 3.8) is 0 Å². The van der Waals surface area contributed by atoms with Crippen molar-refractivity contribution in [2.75, 3.05) is 44.2 Å². The normalized spacial score (nSPS) is 18.9. The number of fused-ring (bicyclic) bond motifs is 4. The Morgan fingerprint density at radius 1 is 0.940 bits per heavy atom. The molecule has 0 radical (unpaired) electrons. The summed E-state index contributed by atoms with van der Waals surface area (Å²) in [6.45, 7) is 5.27. The monoisotopic (exact) mass is 682 g/mol. The number of pyridine rings is 1. The number of carbonyl (C=O) groups is 1. The third-order valence-corrected chi connectivity index (χ3v) is 10.0.